The normalized spacial score (nSPS) is 23.9. The summed E-state index contributed by atoms with van der Waals surface area (Å²) in [6.07, 6.45) is 3.82. The van der Waals surface area contributed by atoms with Crippen LogP contribution in [0, 0.1) is 5.92 Å². The molecule has 3 atom stereocenters. The molecule has 3 unspecified atom stereocenters. The molecule has 5 nitrogen and oxygen atoms in total. The van der Waals surface area contributed by atoms with Crippen LogP contribution in [0.2, 0.25) is 0 Å². The van der Waals surface area contributed by atoms with Gasteiger partial charge in [0.2, 0.25) is 0 Å². The largest absolute Gasteiger partial charge is 0.497 e. The molecule has 0 spiro atoms. The molecule has 0 bridgehead atoms. The van der Waals surface area contributed by atoms with E-state index >= 15 is 0 Å². The van der Waals surface area contributed by atoms with Crippen molar-refractivity contribution in [3.05, 3.63) is 29.8 Å². The molecule has 1 aliphatic carbocycles. The predicted molar refractivity (Wildman–Crippen MR) is 119 cm³/mol. The number of halogens is 1. The maximum Gasteiger partial charge on any atom is 0.191 e. The molecular formula is C20H33IN4O. The molecule has 0 aromatic heterocycles. The molecule has 1 aromatic rings. The van der Waals surface area contributed by atoms with Gasteiger partial charge in [0.1, 0.15) is 5.75 Å². The third-order valence-electron chi connectivity index (χ3n) is 5.28. The summed E-state index contributed by atoms with van der Waals surface area (Å²) in [5, 5.41) is 6.95. The number of hydrogen-bond donors (Lipinski definition) is 2. The van der Waals surface area contributed by atoms with E-state index in [1.165, 1.54) is 24.8 Å². The Hall–Kier alpha value is -1.02. The molecule has 0 amide bonds. The third kappa shape index (κ3) is 5.74. The molecule has 1 aromatic carbocycles. The number of likely N-dealkylation sites (tertiary alicyclic amines) is 1. The van der Waals surface area contributed by atoms with Crippen molar-refractivity contribution < 1.29 is 4.74 Å². The molecule has 2 fully saturated rings. The lowest BCUT2D eigenvalue weighted by molar-refractivity contribution is 0.251. The molecule has 0 radical (unpaired) electrons. The number of guanidine groups is 1. The Morgan fingerprint density at radius 3 is 2.46 bits per heavy atom. The number of ether oxygens (including phenoxy) is 1. The number of nitrogens with one attached hydrogen (secondary N) is 2. The van der Waals surface area contributed by atoms with Crippen molar-refractivity contribution in [2.75, 3.05) is 33.3 Å². The minimum Gasteiger partial charge on any atom is -0.497 e. The molecular weight excluding hydrogens is 439 g/mol. The first-order valence-corrected chi connectivity index (χ1v) is 9.64. The molecule has 6 heteroatoms. The summed E-state index contributed by atoms with van der Waals surface area (Å²) in [5.41, 5.74) is 1.32. The quantitative estimate of drug-likeness (QED) is 0.363. The van der Waals surface area contributed by atoms with Crippen molar-refractivity contribution >= 4 is 29.9 Å². The molecule has 1 saturated heterocycles. The van der Waals surface area contributed by atoms with E-state index < -0.39 is 0 Å². The van der Waals surface area contributed by atoms with Gasteiger partial charge in [-0.15, -0.1) is 24.0 Å². The van der Waals surface area contributed by atoms with Gasteiger partial charge < -0.3 is 15.4 Å². The summed E-state index contributed by atoms with van der Waals surface area (Å²) in [6.45, 7) is 8.40. The van der Waals surface area contributed by atoms with E-state index in [-0.39, 0.29) is 24.0 Å². The van der Waals surface area contributed by atoms with Crippen molar-refractivity contribution in [2.45, 2.75) is 45.2 Å². The minimum atomic E-state index is 0. The van der Waals surface area contributed by atoms with E-state index in [4.69, 9.17) is 9.73 Å². The fourth-order valence-corrected chi connectivity index (χ4v) is 3.51. The van der Waals surface area contributed by atoms with Gasteiger partial charge in [-0.25, -0.2) is 0 Å². The molecule has 26 heavy (non-hydrogen) atoms. The summed E-state index contributed by atoms with van der Waals surface area (Å²) >= 11 is 0. The second kappa shape index (κ2) is 10.3. The van der Waals surface area contributed by atoms with Crippen LogP contribution in [-0.4, -0.2) is 50.2 Å². The zero-order chi connectivity index (χ0) is 17.6. The van der Waals surface area contributed by atoms with Crippen LogP contribution in [0.15, 0.2) is 29.3 Å². The monoisotopic (exact) mass is 472 g/mol. The smallest absolute Gasteiger partial charge is 0.191 e. The van der Waals surface area contributed by atoms with E-state index in [1.54, 1.807) is 7.11 Å². The summed E-state index contributed by atoms with van der Waals surface area (Å²) in [5.74, 6) is 2.62. The first-order valence-electron chi connectivity index (χ1n) is 9.64. The molecule has 3 rings (SSSR count). The topological polar surface area (TPSA) is 48.9 Å². The lowest BCUT2D eigenvalue weighted by atomic mass is 10.1. The summed E-state index contributed by atoms with van der Waals surface area (Å²) < 4.78 is 5.30. The van der Waals surface area contributed by atoms with Crippen LogP contribution in [0.4, 0.5) is 0 Å². The van der Waals surface area contributed by atoms with Crippen LogP contribution in [0.25, 0.3) is 0 Å². The molecule has 2 aliphatic rings. The number of hydrogen-bond acceptors (Lipinski definition) is 3. The van der Waals surface area contributed by atoms with Crippen molar-refractivity contribution in [1.82, 2.24) is 15.5 Å². The molecule has 146 valence electrons. The zero-order valence-electron chi connectivity index (χ0n) is 16.2. The standard InChI is InChI=1S/C20H32N4O.HI/c1-4-21-20(23-18-13-15(18)2)22-14-19(24-11-5-6-12-24)16-7-9-17(25-3)10-8-16;/h7-10,15,18-19H,4-6,11-14H2,1-3H3,(H2,21,22,23);1H. The highest BCUT2D eigenvalue weighted by molar-refractivity contribution is 14.0. The molecule has 1 aliphatic heterocycles. The first kappa shape index (κ1) is 21.3. The van der Waals surface area contributed by atoms with Gasteiger partial charge in [-0.2, -0.15) is 0 Å². The number of nitrogens with zero attached hydrogens (tertiary/aromatic N) is 2. The lowest BCUT2D eigenvalue weighted by Crippen LogP contribution is -2.40. The predicted octanol–water partition coefficient (Wildman–Crippen LogP) is 3.41. The number of aliphatic imine (C=N–C) groups is 1. The van der Waals surface area contributed by atoms with Crippen LogP contribution in [0.3, 0.4) is 0 Å². The summed E-state index contributed by atoms with van der Waals surface area (Å²) in [7, 11) is 1.71. The van der Waals surface area contributed by atoms with E-state index in [0.29, 0.717) is 12.1 Å². The number of methoxy groups -OCH3 is 1. The summed E-state index contributed by atoms with van der Waals surface area (Å²) in [4.78, 5) is 7.48. The number of benzene rings is 1. The zero-order valence-corrected chi connectivity index (χ0v) is 18.5. The second-order valence-electron chi connectivity index (χ2n) is 7.22. The van der Waals surface area contributed by atoms with Crippen LogP contribution >= 0.6 is 24.0 Å². The van der Waals surface area contributed by atoms with Crippen molar-refractivity contribution in [2.24, 2.45) is 10.9 Å². The highest BCUT2D eigenvalue weighted by atomic mass is 127. The third-order valence-corrected chi connectivity index (χ3v) is 5.28. The highest BCUT2D eigenvalue weighted by Crippen LogP contribution is 2.29. The fourth-order valence-electron chi connectivity index (χ4n) is 3.51. The van der Waals surface area contributed by atoms with Gasteiger partial charge >= 0.3 is 0 Å². The Balaban J connectivity index is 0.00000243. The van der Waals surface area contributed by atoms with Gasteiger partial charge in [0.15, 0.2) is 5.96 Å². The Bertz CT molecular complexity index is 572. The molecule has 1 heterocycles. The molecule has 1 saturated carbocycles. The van der Waals surface area contributed by atoms with Gasteiger partial charge in [0.05, 0.1) is 19.7 Å². The van der Waals surface area contributed by atoms with Crippen molar-refractivity contribution in [3.63, 3.8) is 0 Å². The van der Waals surface area contributed by atoms with Gasteiger partial charge in [0, 0.05) is 12.6 Å². The SMILES string of the molecule is CCNC(=NCC(c1ccc(OC)cc1)N1CCCC1)NC1CC1C.I. The van der Waals surface area contributed by atoms with E-state index in [0.717, 1.165) is 43.8 Å². The van der Waals surface area contributed by atoms with E-state index in [1.807, 2.05) is 0 Å². The number of rotatable bonds is 7. The van der Waals surface area contributed by atoms with Gasteiger partial charge in [-0.3, -0.25) is 9.89 Å². The fraction of sp³-hybridized carbons (Fsp3) is 0.650. The van der Waals surface area contributed by atoms with Crippen LogP contribution < -0.4 is 15.4 Å². The lowest BCUT2D eigenvalue weighted by Gasteiger charge is -2.27. The summed E-state index contributed by atoms with van der Waals surface area (Å²) in [6, 6.07) is 9.39. The average Bonchev–Trinajstić information content (AvgIpc) is 3.10. The van der Waals surface area contributed by atoms with Gasteiger partial charge in [-0.1, -0.05) is 19.1 Å². The van der Waals surface area contributed by atoms with Crippen molar-refractivity contribution in [1.29, 1.82) is 0 Å². The van der Waals surface area contributed by atoms with Gasteiger partial charge in [-0.05, 0) is 62.9 Å². The van der Waals surface area contributed by atoms with Gasteiger partial charge in [0.25, 0.3) is 0 Å². The van der Waals surface area contributed by atoms with Crippen molar-refractivity contribution in [3.8, 4) is 5.75 Å². The average molecular weight is 472 g/mol. The van der Waals surface area contributed by atoms with Crippen LogP contribution in [0.1, 0.15) is 44.7 Å². The Morgan fingerprint density at radius 1 is 1.27 bits per heavy atom. The Labute approximate surface area is 175 Å². The van der Waals surface area contributed by atoms with Crippen LogP contribution in [0.5, 0.6) is 5.75 Å². The minimum absolute atomic E-state index is 0. The maximum atomic E-state index is 5.30. The highest BCUT2D eigenvalue weighted by Gasteiger charge is 2.33. The maximum absolute atomic E-state index is 5.30. The van der Waals surface area contributed by atoms with E-state index in [9.17, 15) is 0 Å². The first-order chi connectivity index (χ1) is 12.2. The van der Waals surface area contributed by atoms with E-state index in [2.05, 4.69) is 53.6 Å². The molecule has 2 N–H and O–H groups in total. The Kier molecular flexibility index (Phi) is 8.47. The second-order valence-corrected chi connectivity index (χ2v) is 7.22. The Morgan fingerprint density at radius 2 is 1.92 bits per heavy atom. The van der Waals surface area contributed by atoms with Crippen LogP contribution in [-0.2, 0) is 0 Å².